The summed E-state index contributed by atoms with van der Waals surface area (Å²) in [7, 11) is 0. The summed E-state index contributed by atoms with van der Waals surface area (Å²) in [5.41, 5.74) is 2.58. The van der Waals surface area contributed by atoms with Crippen molar-refractivity contribution in [1.82, 2.24) is 0 Å². The van der Waals surface area contributed by atoms with Gasteiger partial charge in [0.05, 0.1) is 5.39 Å². The molecule has 2 nitrogen and oxygen atoms in total. The summed E-state index contributed by atoms with van der Waals surface area (Å²) in [4.78, 5) is 12.4. The minimum atomic E-state index is -0.306. The highest BCUT2D eigenvalue weighted by Gasteiger charge is 2.16. The van der Waals surface area contributed by atoms with Gasteiger partial charge in [0.1, 0.15) is 5.76 Å². The molecule has 110 valence electrons. The monoisotopic (exact) mass is 298 g/mol. The Morgan fingerprint density at radius 1 is 0.565 bits per heavy atom. The molecule has 3 aromatic carbocycles. The number of rotatable bonds is 2. The van der Waals surface area contributed by atoms with Crippen molar-refractivity contribution in [2.75, 3.05) is 0 Å². The first-order valence-corrected chi connectivity index (χ1v) is 7.51. The van der Waals surface area contributed by atoms with E-state index >= 15 is 0 Å². The Hall–Kier alpha value is -3.13. The lowest BCUT2D eigenvalue weighted by Crippen LogP contribution is -2.02. The van der Waals surface area contributed by atoms with Crippen LogP contribution in [0, 0.1) is 0 Å². The quantitative estimate of drug-likeness (QED) is 0.513. The molecule has 4 aromatic rings. The van der Waals surface area contributed by atoms with Gasteiger partial charge in [0.15, 0.2) is 0 Å². The van der Waals surface area contributed by atoms with Crippen molar-refractivity contribution in [1.29, 1.82) is 0 Å². The van der Waals surface area contributed by atoms with Crippen molar-refractivity contribution in [2.24, 2.45) is 0 Å². The summed E-state index contributed by atoms with van der Waals surface area (Å²) in [6.45, 7) is 0. The molecule has 0 saturated carbocycles. The highest BCUT2D eigenvalue weighted by molar-refractivity contribution is 6.01. The molecule has 0 fully saturated rings. The van der Waals surface area contributed by atoms with E-state index in [9.17, 15) is 4.79 Å². The van der Waals surface area contributed by atoms with Crippen molar-refractivity contribution >= 4 is 10.8 Å². The molecular formula is C21H14O2. The summed E-state index contributed by atoms with van der Waals surface area (Å²) >= 11 is 0. The van der Waals surface area contributed by atoms with Crippen LogP contribution in [0.2, 0.25) is 0 Å². The van der Waals surface area contributed by atoms with Gasteiger partial charge in [-0.2, -0.15) is 0 Å². The van der Waals surface area contributed by atoms with Gasteiger partial charge in [-0.15, -0.1) is 0 Å². The molecule has 0 radical (unpaired) electrons. The molecule has 0 spiro atoms. The predicted octanol–water partition coefficient (Wildman–Crippen LogP) is 5.13. The summed E-state index contributed by atoms with van der Waals surface area (Å²) in [6, 6.07) is 27.4. The number of benzene rings is 3. The highest BCUT2D eigenvalue weighted by atomic mass is 16.4. The molecule has 0 aliphatic carbocycles. The van der Waals surface area contributed by atoms with E-state index in [1.807, 2.05) is 84.9 Å². The third kappa shape index (κ3) is 2.34. The lowest BCUT2D eigenvalue weighted by molar-refractivity contribution is 0.536. The van der Waals surface area contributed by atoms with Crippen molar-refractivity contribution in [3.63, 3.8) is 0 Å². The highest BCUT2D eigenvalue weighted by Crippen LogP contribution is 2.36. The Balaban J connectivity index is 2.16. The largest absolute Gasteiger partial charge is 0.422 e. The Morgan fingerprint density at radius 3 is 1.74 bits per heavy atom. The fraction of sp³-hybridized carbons (Fsp3) is 0. The minimum absolute atomic E-state index is 0.306. The molecule has 1 heterocycles. The molecule has 4 rings (SSSR count). The van der Waals surface area contributed by atoms with Crippen LogP contribution < -0.4 is 5.63 Å². The molecule has 2 heteroatoms. The molecule has 0 atom stereocenters. The first-order valence-electron chi connectivity index (χ1n) is 7.51. The summed E-state index contributed by atoms with van der Waals surface area (Å²) in [6.07, 6.45) is 0. The van der Waals surface area contributed by atoms with Crippen LogP contribution in [0.1, 0.15) is 0 Å². The van der Waals surface area contributed by atoms with Gasteiger partial charge in [0.25, 0.3) is 0 Å². The van der Waals surface area contributed by atoms with Crippen LogP contribution in [0.3, 0.4) is 0 Å². The normalized spacial score (nSPS) is 10.8. The molecular weight excluding hydrogens is 284 g/mol. The van der Waals surface area contributed by atoms with Crippen molar-refractivity contribution in [3.05, 3.63) is 95.3 Å². The SMILES string of the molecule is O=c1oc(-c2ccccc2)c(-c2ccccc2)c2ccccc12. The van der Waals surface area contributed by atoms with Gasteiger partial charge in [-0.05, 0) is 11.6 Å². The van der Waals surface area contributed by atoms with E-state index in [0.29, 0.717) is 11.1 Å². The second-order valence-corrected chi connectivity index (χ2v) is 5.37. The number of fused-ring (bicyclic) bond motifs is 1. The lowest BCUT2D eigenvalue weighted by atomic mass is 9.95. The predicted molar refractivity (Wildman–Crippen MR) is 93.4 cm³/mol. The molecule has 0 bridgehead atoms. The van der Waals surface area contributed by atoms with Gasteiger partial charge in [-0.1, -0.05) is 78.9 Å². The first kappa shape index (κ1) is 13.5. The Kier molecular flexibility index (Phi) is 3.28. The summed E-state index contributed by atoms with van der Waals surface area (Å²) in [5.74, 6) is 0.612. The van der Waals surface area contributed by atoms with Gasteiger partial charge in [0, 0.05) is 16.5 Å². The van der Waals surface area contributed by atoms with Crippen LogP contribution in [0.15, 0.2) is 94.1 Å². The van der Waals surface area contributed by atoms with E-state index in [2.05, 4.69) is 0 Å². The van der Waals surface area contributed by atoms with Gasteiger partial charge in [-0.25, -0.2) is 4.79 Å². The molecule has 0 aliphatic rings. The van der Waals surface area contributed by atoms with E-state index in [-0.39, 0.29) is 5.63 Å². The standard InChI is InChI=1S/C21H14O2/c22-21-18-14-8-7-13-17(18)19(15-9-3-1-4-10-15)20(23-21)16-11-5-2-6-12-16/h1-14H. The van der Waals surface area contributed by atoms with Crippen molar-refractivity contribution in [3.8, 4) is 22.5 Å². The molecule has 0 unspecified atom stereocenters. The van der Waals surface area contributed by atoms with E-state index in [0.717, 1.165) is 22.1 Å². The van der Waals surface area contributed by atoms with Crippen LogP contribution in [0.5, 0.6) is 0 Å². The van der Waals surface area contributed by atoms with E-state index in [1.54, 1.807) is 0 Å². The van der Waals surface area contributed by atoms with Gasteiger partial charge < -0.3 is 4.42 Å². The van der Waals surface area contributed by atoms with E-state index < -0.39 is 0 Å². The Morgan fingerprint density at radius 2 is 1.09 bits per heavy atom. The van der Waals surface area contributed by atoms with E-state index in [4.69, 9.17) is 4.42 Å². The Bertz CT molecular complexity index is 1020. The average Bonchev–Trinajstić information content (AvgIpc) is 2.63. The number of hydrogen-bond donors (Lipinski definition) is 0. The fourth-order valence-corrected chi connectivity index (χ4v) is 2.88. The fourth-order valence-electron chi connectivity index (χ4n) is 2.88. The molecule has 0 aliphatic heterocycles. The molecule has 23 heavy (non-hydrogen) atoms. The lowest BCUT2D eigenvalue weighted by Gasteiger charge is -2.12. The molecule has 0 N–H and O–H groups in total. The van der Waals surface area contributed by atoms with E-state index in [1.165, 1.54) is 0 Å². The van der Waals surface area contributed by atoms with Crippen molar-refractivity contribution in [2.45, 2.75) is 0 Å². The van der Waals surface area contributed by atoms with Crippen LogP contribution in [0.4, 0.5) is 0 Å². The zero-order chi connectivity index (χ0) is 15.6. The zero-order valence-corrected chi connectivity index (χ0v) is 12.4. The minimum Gasteiger partial charge on any atom is -0.422 e. The third-order valence-corrected chi connectivity index (χ3v) is 3.94. The van der Waals surface area contributed by atoms with Gasteiger partial charge in [-0.3, -0.25) is 0 Å². The summed E-state index contributed by atoms with van der Waals surface area (Å²) in [5, 5.41) is 1.51. The topological polar surface area (TPSA) is 30.2 Å². The van der Waals surface area contributed by atoms with Gasteiger partial charge in [0.2, 0.25) is 0 Å². The van der Waals surface area contributed by atoms with Crippen LogP contribution in [0.25, 0.3) is 33.2 Å². The van der Waals surface area contributed by atoms with Crippen molar-refractivity contribution < 1.29 is 4.42 Å². The van der Waals surface area contributed by atoms with Gasteiger partial charge >= 0.3 is 5.63 Å². The van der Waals surface area contributed by atoms with Crippen LogP contribution in [-0.4, -0.2) is 0 Å². The van der Waals surface area contributed by atoms with Crippen LogP contribution in [-0.2, 0) is 0 Å². The third-order valence-electron chi connectivity index (χ3n) is 3.94. The maximum Gasteiger partial charge on any atom is 0.344 e. The summed E-state index contributed by atoms with van der Waals surface area (Å²) < 4.78 is 5.71. The second-order valence-electron chi connectivity index (χ2n) is 5.37. The smallest absolute Gasteiger partial charge is 0.344 e. The maximum absolute atomic E-state index is 12.4. The maximum atomic E-state index is 12.4. The molecule has 0 amide bonds. The first-order chi connectivity index (χ1) is 11.3. The average molecular weight is 298 g/mol. The molecule has 1 aromatic heterocycles. The Labute approximate surface area is 133 Å². The van der Waals surface area contributed by atoms with Crippen LogP contribution >= 0.6 is 0 Å². The zero-order valence-electron chi connectivity index (χ0n) is 12.4. The second kappa shape index (κ2) is 5.58. The number of hydrogen-bond acceptors (Lipinski definition) is 2. The molecule has 0 saturated heterocycles.